The molecule has 94 valence electrons. The number of rotatable bonds is 3. The molecule has 0 amide bonds. The number of benzene rings is 1. The molecule has 1 aromatic carbocycles. The Balaban J connectivity index is 2.06. The van der Waals surface area contributed by atoms with Crippen LogP contribution < -0.4 is 5.32 Å². The molecule has 0 saturated heterocycles. The second-order valence-electron chi connectivity index (χ2n) is 5.20. The molecular formula is C15H23NO. The lowest BCUT2D eigenvalue weighted by molar-refractivity contribution is 0.182. The number of hydrogen-bond acceptors (Lipinski definition) is 2. The van der Waals surface area contributed by atoms with E-state index in [4.69, 9.17) is 0 Å². The lowest BCUT2D eigenvalue weighted by Crippen LogP contribution is -2.42. The number of anilines is 1. The summed E-state index contributed by atoms with van der Waals surface area (Å²) < 4.78 is 0. The highest BCUT2D eigenvalue weighted by molar-refractivity contribution is 5.45. The van der Waals surface area contributed by atoms with Crippen molar-refractivity contribution in [1.82, 2.24) is 0 Å². The molecule has 2 rings (SSSR count). The predicted octanol–water partition coefficient (Wildman–Crippen LogP) is 3.57. The van der Waals surface area contributed by atoms with E-state index in [2.05, 4.69) is 17.4 Å². The second-order valence-corrected chi connectivity index (χ2v) is 5.20. The van der Waals surface area contributed by atoms with Gasteiger partial charge in [-0.3, -0.25) is 0 Å². The third kappa shape index (κ3) is 3.47. The van der Waals surface area contributed by atoms with Crippen LogP contribution in [0.4, 0.5) is 5.69 Å². The van der Waals surface area contributed by atoms with Crippen molar-refractivity contribution in [3.05, 3.63) is 30.3 Å². The van der Waals surface area contributed by atoms with Gasteiger partial charge in [-0.1, -0.05) is 50.3 Å². The largest absolute Gasteiger partial charge is 0.394 e. The van der Waals surface area contributed by atoms with Gasteiger partial charge in [0, 0.05) is 5.69 Å². The van der Waals surface area contributed by atoms with Crippen molar-refractivity contribution in [2.24, 2.45) is 0 Å². The molecular weight excluding hydrogens is 210 g/mol. The Labute approximate surface area is 104 Å². The molecule has 0 spiro atoms. The van der Waals surface area contributed by atoms with Crippen LogP contribution in [0.2, 0.25) is 0 Å². The van der Waals surface area contributed by atoms with E-state index in [-0.39, 0.29) is 12.1 Å². The third-order valence-electron chi connectivity index (χ3n) is 3.80. The minimum atomic E-state index is -0.0955. The smallest absolute Gasteiger partial charge is 0.0661 e. The van der Waals surface area contributed by atoms with Crippen molar-refractivity contribution >= 4 is 5.69 Å². The van der Waals surface area contributed by atoms with E-state index in [0.717, 1.165) is 18.5 Å². The summed E-state index contributed by atoms with van der Waals surface area (Å²) >= 11 is 0. The molecule has 1 aliphatic carbocycles. The Morgan fingerprint density at radius 2 is 1.53 bits per heavy atom. The first kappa shape index (κ1) is 12.4. The maximum atomic E-state index is 9.76. The highest BCUT2D eigenvalue weighted by atomic mass is 16.3. The van der Waals surface area contributed by atoms with Crippen LogP contribution in [0.5, 0.6) is 0 Å². The molecule has 0 aromatic heterocycles. The van der Waals surface area contributed by atoms with Crippen molar-refractivity contribution in [2.45, 2.75) is 50.5 Å². The summed E-state index contributed by atoms with van der Waals surface area (Å²) in [5.41, 5.74) is 1.03. The van der Waals surface area contributed by atoms with Crippen LogP contribution >= 0.6 is 0 Å². The fourth-order valence-electron chi connectivity index (χ4n) is 2.73. The zero-order valence-corrected chi connectivity index (χ0v) is 10.5. The summed E-state index contributed by atoms with van der Waals surface area (Å²) in [5, 5.41) is 13.3. The molecule has 2 N–H and O–H groups in total. The second kappa shape index (κ2) is 6.06. The highest BCUT2D eigenvalue weighted by Gasteiger charge is 2.29. The van der Waals surface area contributed by atoms with E-state index in [1.165, 1.54) is 32.1 Å². The topological polar surface area (TPSA) is 32.3 Å². The molecule has 0 aliphatic heterocycles. The minimum Gasteiger partial charge on any atom is -0.394 e. The third-order valence-corrected chi connectivity index (χ3v) is 3.80. The molecule has 0 radical (unpaired) electrons. The van der Waals surface area contributed by atoms with E-state index in [1.807, 2.05) is 18.2 Å². The van der Waals surface area contributed by atoms with Crippen molar-refractivity contribution < 1.29 is 5.11 Å². The predicted molar refractivity (Wildman–Crippen MR) is 72.2 cm³/mol. The molecule has 0 bridgehead atoms. The lowest BCUT2D eigenvalue weighted by Gasteiger charge is -2.35. The Hall–Kier alpha value is -1.02. The molecule has 2 heteroatoms. The van der Waals surface area contributed by atoms with Crippen molar-refractivity contribution in [3.8, 4) is 0 Å². The standard InChI is InChI=1S/C15H23NO/c17-13-15(11-7-2-1-3-8-12-15)16-14-9-5-4-6-10-14/h4-6,9-10,16-17H,1-3,7-8,11-13H2. The van der Waals surface area contributed by atoms with Gasteiger partial charge in [0.25, 0.3) is 0 Å². The maximum Gasteiger partial charge on any atom is 0.0661 e. The molecule has 2 nitrogen and oxygen atoms in total. The molecule has 0 atom stereocenters. The first-order valence-electron chi connectivity index (χ1n) is 6.79. The summed E-state index contributed by atoms with van der Waals surface area (Å²) in [7, 11) is 0. The van der Waals surface area contributed by atoms with E-state index < -0.39 is 0 Å². The summed E-state index contributed by atoms with van der Waals surface area (Å²) in [6.07, 6.45) is 8.57. The average molecular weight is 233 g/mol. The Bertz CT molecular complexity index is 315. The number of para-hydroxylation sites is 1. The lowest BCUT2D eigenvalue weighted by atomic mass is 9.84. The van der Waals surface area contributed by atoms with Crippen molar-refractivity contribution in [3.63, 3.8) is 0 Å². The fourth-order valence-corrected chi connectivity index (χ4v) is 2.73. The van der Waals surface area contributed by atoms with Crippen LogP contribution in [-0.2, 0) is 0 Å². The highest BCUT2D eigenvalue weighted by Crippen LogP contribution is 2.29. The van der Waals surface area contributed by atoms with Gasteiger partial charge in [-0.05, 0) is 25.0 Å². The molecule has 1 aliphatic rings. The van der Waals surface area contributed by atoms with Crippen molar-refractivity contribution in [1.29, 1.82) is 0 Å². The van der Waals surface area contributed by atoms with E-state index in [1.54, 1.807) is 0 Å². The normalized spacial score (nSPS) is 20.3. The van der Waals surface area contributed by atoms with Gasteiger partial charge in [0.1, 0.15) is 0 Å². The van der Waals surface area contributed by atoms with Gasteiger partial charge in [-0.2, -0.15) is 0 Å². The molecule has 17 heavy (non-hydrogen) atoms. The van der Waals surface area contributed by atoms with Crippen LogP contribution in [0.25, 0.3) is 0 Å². The maximum absolute atomic E-state index is 9.76. The quantitative estimate of drug-likeness (QED) is 0.836. The number of hydrogen-bond donors (Lipinski definition) is 2. The van der Waals surface area contributed by atoms with E-state index in [9.17, 15) is 5.11 Å². The molecule has 1 saturated carbocycles. The first-order chi connectivity index (χ1) is 8.35. The van der Waals surface area contributed by atoms with Crippen molar-refractivity contribution in [2.75, 3.05) is 11.9 Å². The van der Waals surface area contributed by atoms with Crippen LogP contribution in [-0.4, -0.2) is 17.3 Å². The molecule has 0 unspecified atom stereocenters. The Kier molecular flexibility index (Phi) is 4.43. The number of aliphatic hydroxyl groups is 1. The average Bonchev–Trinajstić information content (AvgIpc) is 2.34. The van der Waals surface area contributed by atoms with Gasteiger partial charge in [0.05, 0.1) is 12.1 Å². The fraction of sp³-hybridized carbons (Fsp3) is 0.600. The first-order valence-corrected chi connectivity index (χ1v) is 6.79. The molecule has 0 heterocycles. The van der Waals surface area contributed by atoms with Gasteiger partial charge in [-0.25, -0.2) is 0 Å². The molecule has 1 aromatic rings. The van der Waals surface area contributed by atoms with Crippen LogP contribution in [0.3, 0.4) is 0 Å². The SMILES string of the molecule is OCC1(Nc2ccccc2)CCCCCCC1. The van der Waals surface area contributed by atoms with Gasteiger partial charge < -0.3 is 10.4 Å². The van der Waals surface area contributed by atoms with Crippen LogP contribution in [0.15, 0.2) is 30.3 Å². The van der Waals surface area contributed by atoms with Gasteiger partial charge in [-0.15, -0.1) is 0 Å². The van der Waals surface area contributed by atoms with E-state index >= 15 is 0 Å². The zero-order valence-electron chi connectivity index (χ0n) is 10.5. The number of nitrogens with one attached hydrogen (secondary N) is 1. The van der Waals surface area contributed by atoms with Gasteiger partial charge >= 0.3 is 0 Å². The zero-order chi connectivity index (χ0) is 12.0. The van der Waals surface area contributed by atoms with Gasteiger partial charge in [0.2, 0.25) is 0 Å². The van der Waals surface area contributed by atoms with Gasteiger partial charge in [0.15, 0.2) is 0 Å². The van der Waals surface area contributed by atoms with Crippen LogP contribution in [0.1, 0.15) is 44.9 Å². The molecule has 1 fully saturated rings. The summed E-state index contributed by atoms with van der Waals surface area (Å²) in [4.78, 5) is 0. The Morgan fingerprint density at radius 1 is 0.941 bits per heavy atom. The summed E-state index contributed by atoms with van der Waals surface area (Å²) in [6, 6.07) is 10.3. The Morgan fingerprint density at radius 3 is 2.12 bits per heavy atom. The summed E-state index contributed by atoms with van der Waals surface area (Å²) in [6.45, 7) is 0.238. The monoisotopic (exact) mass is 233 g/mol. The van der Waals surface area contributed by atoms with E-state index in [0.29, 0.717) is 0 Å². The van der Waals surface area contributed by atoms with Crippen LogP contribution in [0, 0.1) is 0 Å². The minimum absolute atomic E-state index is 0.0955. The number of aliphatic hydroxyl groups excluding tert-OH is 1. The summed E-state index contributed by atoms with van der Waals surface area (Å²) in [5.74, 6) is 0.